The minimum Gasteiger partial charge on any atom is -0.456 e. The van der Waals surface area contributed by atoms with E-state index in [0.717, 1.165) is 11.2 Å². The van der Waals surface area contributed by atoms with Gasteiger partial charge in [0, 0.05) is 10.8 Å². The van der Waals surface area contributed by atoms with Crippen molar-refractivity contribution in [3.05, 3.63) is 46.5 Å². The second kappa shape index (κ2) is 3.36. The van der Waals surface area contributed by atoms with Crippen molar-refractivity contribution in [2.75, 3.05) is 0 Å². The summed E-state index contributed by atoms with van der Waals surface area (Å²) in [5, 5.41) is 2.51. The van der Waals surface area contributed by atoms with E-state index in [1.165, 1.54) is 33.0 Å². The first kappa shape index (κ1) is 10.4. The molecule has 17 heavy (non-hydrogen) atoms. The number of fused-ring (bicyclic) bond motifs is 3. The van der Waals surface area contributed by atoms with E-state index in [1.54, 1.807) is 0 Å². The monoisotopic (exact) mass is 224 g/mol. The molecule has 1 nitrogen and oxygen atoms in total. The minimum atomic E-state index is 0.985. The summed E-state index contributed by atoms with van der Waals surface area (Å²) in [5.74, 6) is 0. The lowest BCUT2D eigenvalue weighted by molar-refractivity contribution is 0.665. The molecule has 0 unspecified atom stereocenters. The summed E-state index contributed by atoms with van der Waals surface area (Å²) >= 11 is 0. The summed E-state index contributed by atoms with van der Waals surface area (Å²) in [5.41, 5.74) is 7.36. The summed E-state index contributed by atoms with van der Waals surface area (Å²) in [6.45, 7) is 8.70. The van der Waals surface area contributed by atoms with Gasteiger partial charge in [0.2, 0.25) is 0 Å². The maximum absolute atomic E-state index is 6.00. The zero-order valence-electron chi connectivity index (χ0n) is 10.7. The molecule has 3 rings (SSSR count). The quantitative estimate of drug-likeness (QED) is 0.533. The van der Waals surface area contributed by atoms with Gasteiger partial charge in [-0.05, 0) is 56.0 Å². The first-order chi connectivity index (χ1) is 8.11. The Morgan fingerprint density at radius 1 is 0.765 bits per heavy atom. The van der Waals surface area contributed by atoms with Gasteiger partial charge in [0.15, 0.2) is 0 Å². The maximum atomic E-state index is 6.00. The van der Waals surface area contributed by atoms with Crippen molar-refractivity contribution in [2.45, 2.75) is 27.7 Å². The third-order valence-corrected chi connectivity index (χ3v) is 4.00. The Morgan fingerprint density at radius 3 is 2.18 bits per heavy atom. The molecule has 0 spiro atoms. The van der Waals surface area contributed by atoms with Crippen LogP contribution in [0.5, 0.6) is 0 Å². The van der Waals surface area contributed by atoms with Crippen LogP contribution in [0.4, 0.5) is 0 Å². The van der Waals surface area contributed by atoms with Gasteiger partial charge in [-0.25, -0.2) is 0 Å². The van der Waals surface area contributed by atoms with E-state index in [-0.39, 0.29) is 0 Å². The fourth-order valence-electron chi connectivity index (χ4n) is 2.60. The number of hydrogen-bond acceptors (Lipinski definition) is 1. The van der Waals surface area contributed by atoms with Crippen LogP contribution in [0.1, 0.15) is 22.3 Å². The van der Waals surface area contributed by atoms with E-state index >= 15 is 0 Å². The Morgan fingerprint density at radius 2 is 1.41 bits per heavy atom. The third-order valence-electron chi connectivity index (χ3n) is 4.00. The van der Waals surface area contributed by atoms with Gasteiger partial charge >= 0.3 is 0 Å². The lowest BCUT2D eigenvalue weighted by Gasteiger charge is -2.09. The molecule has 3 aromatic rings. The topological polar surface area (TPSA) is 13.1 Å². The summed E-state index contributed by atoms with van der Waals surface area (Å²) in [6.07, 6.45) is 0. The minimum absolute atomic E-state index is 0.985. The maximum Gasteiger partial charge on any atom is 0.138 e. The molecule has 0 N–H and O–H groups in total. The Hall–Kier alpha value is -1.76. The molecule has 2 aromatic carbocycles. The van der Waals surface area contributed by atoms with Crippen LogP contribution in [0, 0.1) is 27.7 Å². The number of para-hydroxylation sites is 1. The van der Waals surface area contributed by atoms with Gasteiger partial charge in [-0.3, -0.25) is 0 Å². The second-order valence-electron chi connectivity index (χ2n) is 4.80. The van der Waals surface area contributed by atoms with E-state index in [0.29, 0.717) is 0 Å². The number of furan rings is 1. The zero-order chi connectivity index (χ0) is 12.2. The summed E-state index contributed by atoms with van der Waals surface area (Å²) in [4.78, 5) is 0. The molecule has 0 aliphatic heterocycles. The van der Waals surface area contributed by atoms with Gasteiger partial charge in [-0.15, -0.1) is 0 Å². The van der Waals surface area contributed by atoms with Crippen molar-refractivity contribution in [2.24, 2.45) is 0 Å². The molecule has 0 fully saturated rings. The molecule has 0 bridgehead atoms. The summed E-state index contributed by atoms with van der Waals surface area (Å²) in [7, 11) is 0. The molecule has 0 aliphatic rings. The van der Waals surface area contributed by atoms with Crippen LogP contribution in [0.3, 0.4) is 0 Å². The van der Waals surface area contributed by atoms with E-state index in [1.807, 2.05) is 12.1 Å². The van der Waals surface area contributed by atoms with E-state index in [4.69, 9.17) is 4.42 Å². The Labute approximate surface area is 101 Å². The lowest BCUT2D eigenvalue weighted by Crippen LogP contribution is -1.91. The SMILES string of the molecule is Cc1c(C)c(C)c2c(oc3ccccc32)c1C. The molecular formula is C16H16O. The van der Waals surface area contributed by atoms with Gasteiger partial charge < -0.3 is 4.42 Å². The van der Waals surface area contributed by atoms with Crippen molar-refractivity contribution < 1.29 is 4.42 Å². The molecular weight excluding hydrogens is 208 g/mol. The number of rotatable bonds is 0. The van der Waals surface area contributed by atoms with E-state index in [2.05, 4.69) is 39.8 Å². The molecule has 0 saturated carbocycles. The third kappa shape index (κ3) is 1.25. The van der Waals surface area contributed by atoms with Gasteiger partial charge in [0.05, 0.1) is 0 Å². The van der Waals surface area contributed by atoms with Crippen LogP contribution in [0.15, 0.2) is 28.7 Å². The lowest BCUT2D eigenvalue weighted by atomic mass is 9.94. The molecule has 1 aromatic heterocycles. The van der Waals surface area contributed by atoms with E-state index < -0.39 is 0 Å². The first-order valence-corrected chi connectivity index (χ1v) is 5.99. The van der Waals surface area contributed by atoms with Gasteiger partial charge in [0.25, 0.3) is 0 Å². The van der Waals surface area contributed by atoms with Crippen molar-refractivity contribution in [1.82, 2.24) is 0 Å². The fourth-order valence-corrected chi connectivity index (χ4v) is 2.60. The van der Waals surface area contributed by atoms with Crippen molar-refractivity contribution in [1.29, 1.82) is 0 Å². The van der Waals surface area contributed by atoms with Gasteiger partial charge in [0.1, 0.15) is 11.2 Å². The average Bonchev–Trinajstić information content (AvgIpc) is 2.73. The van der Waals surface area contributed by atoms with Crippen LogP contribution in [0.2, 0.25) is 0 Å². The second-order valence-corrected chi connectivity index (χ2v) is 4.80. The Kier molecular flexibility index (Phi) is 2.06. The predicted molar refractivity (Wildman–Crippen MR) is 72.7 cm³/mol. The van der Waals surface area contributed by atoms with Crippen LogP contribution in [-0.2, 0) is 0 Å². The highest BCUT2D eigenvalue weighted by atomic mass is 16.3. The highest BCUT2D eigenvalue weighted by Crippen LogP contribution is 2.36. The van der Waals surface area contributed by atoms with Crippen LogP contribution in [-0.4, -0.2) is 0 Å². The van der Waals surface area contributed by atoms with Crippen LogP contribution in [0.25, 0.3) is 21.9 Å². The Bertz CT molecular complexity index is 732. The predicted octanol–water partition coefficient (Wildman–Crippen LogP) is 4.82. The summed E-state index contributed by atoms with van der Waals surface area (Å²) < 4.78 is 6.00. The van der Waals surface area contributed by atoms with Crippen LogP contribution >= 0.6 is 0 Å². The molecule has 1 heterocycles. The molecule has 0 radical (unpaired) electrons. The highest BCUT2D eigenvalue weighted by Gasteiger charge is 2.15. The van der Waals surface area contributed by atoms with Gasteiger partial charge in [-0.2, -0.15) is 0 Å². The molecule has 0 atom stereocenters. The smallest absolute Gasteiger partial charge is 0.138 e. The molecule has 86 valence electrons. The zero-order valence-corrected chi connectivity index (χ0v) is 10.7. The van der Waals surface area contributed by atoms with Crippen LogP contribution < -0.4 is 0 Å². The molecule has 0 saturated heterocycles. The number of benzene rings is 2. The van der Waals surface area contributed by atoms with Gasteiger partial charge in [-0.1, -0.05) is 18.2 Å². The van der Waals surface area contributed by atoms with Crippen molar-refractivity contribution in [3.8, 4) is 0 Å². The number of aryl methyl sites for hydroxylation is 2. The first-order valence-electron chi connectivity index (χ1n) is 5.99. The fraction of sp³-hybridized carbons (Fsp3) is 0.250. The highest BCUT2D eigenvalue weighted by molar-refractivity contribution is 6.08. The molecule has 0 amide bonds. The largest absolute Gasteiger partial charge is 0.456 e. The molecule has 0 aliphatic carbocycles. The summed E-state index contributed by atoms with van der Waals surface area (Å²) in [6, 6.07) is 8.28. The normalized spacial score (nSPS) is 11.5. The van der Waals surface area contributed by atoms with E-state index in [9.17, 15) is 0 Å². The molecule has 1 heteroatoms. The van der Waals surface area contributed by atoms with Crippen molar-refractivity contribution in [3.63, 3.8) is 0 Å². The number of hydrogen-bond donors (Lipinski definition) is 0. The standard InChI is InChI=1S/C16H16O/c1-9-10(2)12(4)16-15(11(9)3)13-7-5-6-8-14(13)17-16/h5-8H,1-4H3. The Balaban J connectivity index is 2.67. The van der Waals surface area contributed by atoms with Crippen molar-refractivity contribution >= 4 is 21.9 Å². The average molecular weight is 224 g/mol.